The number of para-hydroxylation sites is 2. The topological polar surface area (TPSA) is 9.86 Å². The van der Waals surface area contributed by atoms with Gasteiger partial charge < -0.3 is 9.13 Å². The van der Waals surface area contributed by atoms with Crippen LogP contribution in [0.5, 0.6) is 0 Å². The Bertz CT molecular complexity index is 2960. The van der Waals surface area contributed by atoms with Crippen LogP contribution in [0, 0.1) is 5.82 Å². The van der Waals surface area contributed by atoms with Gasteiger partial charge in [-0.3, -0.25) is 0 Å². The number of hydrogen-bond donors (Lipinski definition) is 0. The highest BCUT2D eigenvalue weighted by molar-refractivity contribution is 6.30. The molecule has 1 aliphatic rings. The first-order valence-electron chi connectivity index (χ1n) is 16.1. The monoisotopic (exact) mass is 600 g/mol. The van der Waals surface area contributed by atoms with Crippen LogP contribution in [0.4, 0.5) is 4.39 Å². The van der Waals surface area contributed by atoms with Crippen molar-refractivity contribution in [3.63, 3.8) is 0 Å². The van der Waals surface area contributed by atoms with E-state index in [9.17, 15) is 4.39 Å². The fourth-order valence-electron chi connectivity index (χ4n) is 8.40. The molecule has 47 heavy (non-hydrogen) atoms. The van der Waals surface area contributed by atoms with Crippen LogP contribution in [-0.2, 0) is 0 Å². The standard InChI is InChI=1S/C44H25FN2/c45-37-22-20-32-36-25-28(18-19-30(36)31-14-8-15-33(37)41(31)32)46-38-16-7-6-13-34(38)43-40(46)24-21-35-42-29-12-5-4-9-26(29)17-23-39(42)47(44(35)43)27-10-2-1-3-11-27/h1-25H. The maximum Gasteiger partial charge on any atom is 0.131 e. The first-order chi connectivity index (χ1) is 23.3. The van der Waals surface area contributed by atoms with E-state index in [2.05, 4.69) is 137 Å². The molecule has 0 N–H and O–H groups in total. The van der Waals surface area contributed by atoms with Crippen molar-refractivity contribution >= 4 is 65.2 Å². The quantitative estimate of drug-likeness (QED) is 0.187. The lowest BCUT2D eigenvalue weighted by Gasteiger charge is -2.12. The highest BCUT2D eigenvalue weighted by Gasteiger charge is 2.25. The van der Waals surface area contributed by atoms with Crippen LogP contribution in [0.2, 0.25) is 0 Å². The molecule has 0 radical (unpaired) electrons. The Balaban J connectivity index is 1.28. The van der Waals surface area contributed by atoms with Gasteiger partial charge in [-0.15, -0.1) is 0 Å². The second-order valence-corrected chi connectivity index (χ2v) is 12.6. The van der Waals surface area contributed by atoms with Crippen molar-refractivity contribution in [3.8, 4) is 33.6 Å². The van der Waals surface area contributed by atoms with Crippen molar-refractivity contribution in [1.82, 2.24) is 9.13 Å². The fourth-order valence-corrected chi connectivity index (χ4v) is 8.40. The molecule has 1 aliphatic carbocycles. The second kappa shape index (κ2) is 8.96. The summed E-state index contributed by atoms with van der Waals surface area (Å²) in [5.74, 6) is -0.174. The van der Waals surface area contributed by atoms with Gasteiger partial charge in [-0.25, -0.2) is 4.39 Å². The summed E-state index contributed by atoms with van der Waals surface area (Å²) in [5.41, 5.74) is 11.4. The second-order valence-electron chi connectivity index (χ2n) is 12.6. The van der Waals surface area contributed by atoms with Gasteiger partial charge in [-0.05, 0) is 81.6 Å². The summed E-state index contributed by atoms with van der Waals surface area (Å²) in [5, 5.41) is 9.15. The predicted octanol–water partition coefficient (Wildman–Crippen LogP) is 12.0. The molecule has 0 unspecified atom stereocenters. The molecule has 0 fully saturated rings. The molecule has 218 valence electrons. The van der Waals surface area contributed by atoms with Crippen LogP contribution in [-0.4, -0.2) is 9.13 Å². The summed E-state index contributed by atoms with van der Waals surface area (Å²) in [6.45, 7) is 0. The summed E-state index contributed by atoms with van der Waals surface area (Å²) >= 11 is 0. The minimum atomic E-state index is -0.174. The third kappa shape index (κ3) is 3.18. The molecule has 2 aromatic heterocycles. The summed E-state index contributed by atoms with van der Waals surface area (Å²) in [6.07, 6.45) is 0. The lowest BCUT2D eigenvalue weighted by molar-refractivity contribution is 0.640. The molecule has 0 amide bonds. The molecule has 8 aromatic carbocycles. The number of nitrogens with zero attached hydrogens (tertiary/aromatic N) is 2. The lowest BCUT2D eigenvalue weighted by atomic mass is 10.0. The van der Waals surface area contributed by atoms with Crippen LogP contribution in [0.15, 0.2) is 152 Å². The normalized spacial score (nSPS) is 12.4. The Hall–Kier alpha value is -6.19. The van der Waals surface area contributed by atoms with E-state index in [0.717, 1.165) is 50.0 Å². The summed E-state index contributed by atoms with van der Waals surface area (Å²) < 4.78 is 19.7. The number of hydrogen-bond acceptors (Lipinski definition) is 0. The average molecular weight is 601 g/mol. The van der Waals surface area contributed by atoms with E-state index in [-0.39, 0.29) is 5.82 Å². The molecule has 2 heterocycles. The van der Waals surface area contributed by atoms with Gasteiger partial charge in [0.25, 0.3) is 0 Å². The SMILES string of the molecule is Fc1ccc2c3c(cccc13)-c1ccc(-n3c4ccccc4c4c3ccc3c5c6ccccc6ccc5n(-c5ccccc5)c34)cc1-2. The Kier molecular flexibility index (Phi) is 4.78. The molecule has 0 saturated carbocycles. The van der Waals surface area contributed by atoms with Gasteiger partial charge in [0, 0.05) is 43.7 Å². The molecular weight excluding hydrogens is 575 g/mol. The smallest absolute Gasteiger partial charge is 0.131 e. The van der Waals surface area contributed by atoms with Crippen molar-refractivity contribution in [1.29, 1.82) is 0 Å². The zero-order valence-corrected chi connectivity index (χ0v) is 25.2. The lowest BCUT2D eigenvalue weighted by Crippen LogP contribution is -1.95. The first-order valence-corrected chi connectivity index (χ1v) is 16.1. The number of aromatic nitrogens is 2. The van der Waals surface area contributed by atoms with E-state index < -0.39 is 0 Å². The van der Waals surface area contributed by atoms with Gasteiger partial charge in [0.1, 0.15) is 5.82 Å². The van der Waals surface area contributed by atoms with Crippen LogP contribution in [0.1, 0.15) is 0 Å². The number of halogens is 1. The minimum Gasteiger partial charge on any atom is -0.309 e. The Morgan fingerprint density at radius 2 is 1.09 bits per heavy atom. The van der Waals surface area contributed by atoms with Crippen molar-refractivity contribution in [2.75, 3.05) is 0 Å². The Morgan fingerprint density at radius 1 is 0.362 bits per heavy atom. The largest absolute Gasteiger partial charge is 0.309 e. The average Bonchev–Trinajstić information content (AvgIpc) is 3.76. The molecule has 0 atom stereocenters. The van der Waals surface area contributed by atoms with Crippen LogP contribution in [0.3, 0.4) is 0 Å². The molecule has 11 rings (SSSR count). The van der Waals surface area contributed by atoms with Gasteiger partial charge in [0.2, 0.25) is 0 Å². The van der Waals surface area contributed by atoms with Crippen LogP contribution < -0.4 is 0 Å². The molecule has 0 aliphatic heterocycles. The van der Waals surface area contributed by atoms with Crippen LogP contribution >= 0.6 is 0 Å². The maximum atomic E-state index is 14.9. The van der Waals surface area contributed by atoms with Gasteiger partial charge in [0.05, 0.1) is 22.1 Å². The van der Waals surface area contributed by atoms with E-state index in [1.165, 1.54) is 43.4 Å². The number of rotatable bonds is 2. The third-order valence-electron chi connectivity index (χ3n) is 10.3. The minimum absolute atomic E-state index is 0.174. The Labute approximate surface area is 269 Å². The van der Waals surface area contributed by atoms with E-state index in [1.807, 2.05) is 18.2 Å². The highest BCUT2D eigenvalue weighted by Crippen LogP contribution is 2.49. The van der Waals surface area contributed by atoms with Gasteiger partial charge in [-0.1, -0.05) is 103 Å². The maximum absolute atomic E-state index is 14.9. The zero-order valence-electron chi connectivity index (χ0n) is 25.2. The van der Waals surface area contributed by atoms with Crippen molar-refractivity contribution in [2.45, 2.75) is 0 Å². The number of fused-ring (bicyclic) bond motifs is 12. The molecule has 3 heteroatoms. The molecular formula is C44H25FN2. The molecule has 0 saturated heterocycles. The third-order valence-corrected chi connectivity index (χ3v) is 10.3. The van der Waals surface area contributed by atoms with Crippen molar-refractivity contribution in [3.05, 3.63) is 157 Å². The fraction of sp³-hybridized carbons (Fsp3) is 0. The molecule has 2 nitrogen and oxygen atoms in total. The summed E-state index contributed by atoms with van der Waals surface area (Å²) in [7, 11) is 0. The Morgan fingerprint density at radius 3 is 2.00 bits per heavy atom. The van der Waals surface area contributed by atoms with Crippen molar-refractivity contribution in [2.24, 2.45) is 0 Å². The van der Waals surface area contributed by atoms with Gasteiger partial charge in [0.15, 0.2) is 0 Å². The van der Waals surface area contributed by atoms with E-state index in [4.69, 9.17) is 0 Å². The van der Waals surface area contributed by atoms with Gasteiger partial charge in [-0.2, -0.15) is 0 Å². The predicted molar refractivity (Wildman–Crippen MR) is 195 cm³/mol. The first kappa shape index (κ1) is 25.1. The highest BCUT2D eigenvalue weighted by atomic mass is 19.1. The van der Waals surface area contributed by atoms with Crippen molar-refractivity contribution < 1.29 is 4.39 Å². The van der Waals surface area contributed by atoms with E-state index in [1.54, 1.807) is 6.07 Å². The molecule has 0 bridgehead atoms. The summed E-state index contributed by atoms with van der Waals surface area (Å²) in [6, 6.07) is 53.5. The number of benzene rings is 8. The molecule has 0 spiro atoms. The van der Waals surface area contributed by atoms with Gasteiger partial charge >= 0.3 is 0 Å². The molecule has 10 aromatic rings. The van der Waals surface area contributed by atoms with E-state index >= 15 is 0 Å². The van der Waals surface area contributed by atoms with E-state index in [0.29, 0.717) is 5.39 Å². The summed E-state index contributed by atoms with van der Waals surface area (Å²) in [4.78, 5) is 0. The van der Waals surface area contributed by atoms with Crippen LogP contribution in [0.25, 0.3) is 98.8 Å². The zero-order chi connectivity index (χ0) is 30.8.